The number of hydrogen-bond acceptors (Lipinski definition) is 5. The fourth-order valence-corrected chi connectivity index (χ4v) is 4.04. The summed E-state index contributed by atoms with van der Waals surface area (Å²) in [5.74, 6) is -0.230. The van der Waals surface area contributed by atoms with Crippen molar-refractivity contribution < 1.29 is 14.7 Å². The van der Waals surface area contributed by atoms with Gasteiger partial charge in [-0.2, -0.15) is 15.0 Å². The van der Waals surface area contributed by atoms with Crippen molar-refractivity contribution >= 4 is 11.8 Å². The Hall–Kier alpha value is -3.52. The second-order valence-corrected chi connectivity index (χ2v) is 8.49. The number of hydrogen-bond donors (Lipinski definition) is 1. The molecule has 0 spiro atoms. The normalized spacial score (nSPS) is 17.3. The summed E-state index contributed by atoms with van der Waals surface area (Å²) >= 11 is 0. The lowest BCUT2D eigenvalue weighted by atomic mass is 10.0. The van der Waals surface area contributed by atoms with Gasteiger partial charge in [-0.15, -0.1) is 0 Å². The van der Waals surface area contributed by atoms with E-state index in [9.17, 15) is 14.7 Å². The maximum atomic E-state index is 12.9. The van der Waals surface area contributed by atoms with Crippen molar-refractivity contribution in [3.63, 3.8) is 0 Å². The van der Waals surface area contributed by atoms with Gasteiger partial charge >= 0.3 is 0 Å². The van der Waals surface area contributed by atoms with Gasteiger partial charge in [0, 0.05) is 44.4 Å². The van der Waals surface area contributed by atoms with Gasteiger partial charge < -0.3 is 14.9 Å². The number of aliphatic hydroxyl groups is 1. The third kappa shape index (κ3) is 3.89. The molecule has 0 unspecified atom stereocenters. The molecule has 164 valence electrons. The van der Waals surface area contributed by atoms with Crippen molar-refractivity contribution in [1.82, 2.24) is 24.8 Å². The first-order valence-electron chi connectivity index (χ1n) is 10.8. The monoisotopic (exact) mass is 431 g/mol. The van der Waals surface area contributed by atoms with Crippen LogP contribution in [0.1, 0.15) is 23.2 Å². The predicted octanol–water partition coefficient (Wildman–Crippen LogP) is 1.96. The van der Waals surface area contributed by atoms with Crippen LogP contribution in [0.4, 0.5) is 0 Å². The number of carbonyl (C=O) groups excluding carboxylic acids is 2. The lowest BCUT2D eigenvalue weighted by Crippen LogP contribution is -2.53. The summed E-state index contributed by atoms with van der Waals surface area (Å²) in [6.45, 7) is 1.88. The second-order valence-electron chi connectivity index (χ2n) is 8.49. The Labute approximate surface area is 186 Å². The molecule has 1 aliphatic heterocycles. The van der Waals surface area contributed by atoms with Crippen LogP contribution < -0.4 is 0 Å². The summed E-state index contributed by atoms with van der Waals surface area (Å²) < 4.78 is 0. The zero-order valence-electron chi connectivity index (χ0n) is 17.9. The Morgan fingerprint density at radius 3 is 1.91 bits per heavy atom. The molecular formula is C24H25N5O3. The molecule has 1 aromatic heterocycles. The van der Waals surface area contributed by atoms with Gasteiger partial charge in [-0.25, -0.2) is 0 Å². The highest BCUT2D eigenvalue weighted by Crippen LogP contribution is 2.37. The zero-order chi connectivity index (χ0) is 22.3. The first-order chi connectivity index (χ1) is 15.4. The standard InChI is InChI=1S/C24H25N5O3/c1-27-25-16-21(26-27)19-6-2-17(3-7-19)18-4-8-20(9-5-18)22(30)28-12-14-29(15-13-28)23(31)24(32)10-11-24/h2-9,16,32H,10-15H2,1H3. The number of carbonyl (C=O) groups is 2. The number of aryl methyl sites for hydroxylation is 1. The fourth-order valence-electron chi connectivity index (χ4n) is 4.04. The van der Waals surface area contributed by atoms with Crippen LogP contribution >= 0.6 is 0 Å². The van der Waals surface area contributed by atoms with Gasteiger partial charge in [0.15, 0.2) is 0 Å². The molecule has 0 bridgehead atoms. The molecule has 2 amide bonds. The molecule has 32 heavy (non-hydrogen) atoms. The van der Waals surface area contributed by atoms with Crippen LogP contribution in [-0.4, -0.2) is 73.5 Å². The summed E-state index contributed by atoms with van der Waals surface area (Å²) in [4.78, 5) is 30.1. The van der Waals surface area contributed by atoms with Gasteiger partial charge in [0.2, 0.25) is 0 Å². The molecule has 2 aromatic carbocycles. The Bertz CT molecular complexity index is 1140. The van der Waals surface area contributed by atoms with Crippen LogP contribution in [0, 0.1) is 0 Å². The van der Waals surface area contributed by atoms with E-state index in [-0.39, 0.29) is 11.8 Å². The molecular weight excluding hydrogens is 406 g/mol. The van der Waals surface area contributed by atoms with Gasteiger partial charge in [0.25, 0.3) is 11.8 Å². The van der Waals surface area contributed by atoms with E-state index in [1.807, 2.05) is 48.5 Å². The van der Waals surface area contributed by atoms with Crippen LogP contribution in [0.5, 0.6) is 0 Å². The summed E-state index contributed by atoms with van der Waals surface area (Å²) in [6.07, 6.45) is 2.82. The number of piperazine rings is 1. The highest BCUT2D eigenvalue weighted by molar-refractivity contribution is 5.95. The Balaban J connectivity index is 1.22. The van der Waals surface area contributed by atoms with Gasteiger partial charge in [-0.3, -0.25) is 9.59 Å². The third-order valence-electron chi connectivity index (χ3n) is 6.22. The molecule has 8 heteroatoms. The van der Waals surface area contributed by atoms with E-state index in [0.29, 0.717) is 44.6 Å². The molecule has 2 aliphatic rings. The van der Waals surface area contributed by atoms with Crippen molar-refractivity contribution in [2.45, 2.75) is 18.4 Å². The first-order valence-corrected chi connectivity index (χ1v) is 10.8. The molecule has 0 radical (unpaired) electrons. The Morgan fingerprint density at radius 2 is 1.38 bits per heavy atom. The molecule has 1 saturated carbocycles. The fraction of sp³-hybridized carbons (Fsp3) is 0.333. The molecule has 8 nitrogen and oxygen atoms in total. The van der Waals surface area contributed by atoms with E-state index in [4.69, 9.17) is 0 Å². The SMILES string of the molecule is Cn1ncc(-c2ccc(-c3ccc(C(=O)N4CCN(C(=O)C5(O)CC5)CC4)cc3)cc2)n1. The predicted molar refractivity (Wildman–Crippen MR) is 119 cm³/mol. The van der Waals surface area contributed by atoms with Crippen molar-refractivity contribution in [2.75, 3.05) is 26.2 Å². The summed E-state index contributed by atoms with van der Waals surface area (Å²) in [7, 11) is 1.79. The van der Waals surface area contributed by atoms with Crippen molar-refractivity contribution in [3.8, 4) is 22.4 Å². The maximum Gasteiger partial charge on any atom is 0.254 e. The molecule has 2 heterocycles. The lowest BCUT2D eigenvalue weighted by Gasteiger charge is -2.35. The molecule has 2 fully saturated rings. The van der Waals surface area contributed by atoms with Gasteiger partial charge in [0.05, 0.1) is 6.20 Å². The largest absolute Gasteiger partial charge is 0.380 e. The first kappa shape index (κ1) is 20.4. The lowest BCUT2D eigenvalue weighted by molar-refractivity contribution is -0.143. The van der Waals surface area contributed by atoms with Crippen LogP contribution in [-0.2, 0) is 11.8 Å². The van der Waals surface area contributed by atoms with E-state index in [1.165, 1.54) is 4.80 Å². The average molecular weight is 431 g/mol. The third-order valence-corrected chi connectivity index (χ3v) is 6.22. The van der Waals surface area contributed by atoms with Crippen molar-refractivity contribution in [2.24, 2.45) is 7.05 Å². The summed E-state index contributed by atoms with van der Waals surface area (Å²) in [5, 5.41) is 18.4. The van der Waals surface area contributed by atoms with Crippen LogP contribution in [0.2, 0.25) is 0 Å². The van der Waals surface area contributed by atoms with E-state index in [1.54, 1.807) is 23.0 Å². The molecule has 0 atom stereocenters. The molecule has 5 rings (SSSR count). The zero-order valence-corrected chi connectivity index (χ0v) is 17.9. The number of aromatic nitrogens is 3. The van der Waals surface area contributed by atoms with Crippen LogP contribution in [0.15, 0.2) is 54.7 Å². The number of amides is 2. The van der Waals surface area contributed by atoms with Crippen molar-refractivity contribution in [1.29, 1.82) is 0 Å². The molecule has 1 saturated heterocycles. The highest BCUT2D eigenvalue weighted by Gasteiger charge is 2.50. The average Bonchev–Trinajstić information content (AvgIpc) is 3.44. The van der Waals surface area contributed by atoms with E-state index < -0.39 is 5.60 Å². The van der Waals surface area contributed by atoms with E-state index >= 15 is 0 Å². The Morgan fingerprint density at radius 1 is 0.844 bits per heavy atom. The van der Waals surface area contributed by atoms with Crippen molar-refractivity contribution in [3.05, 3.63) is 60.3 Å². The van der Waals surface area contributed by atoms with Crippen LogP contribution in [0.25, 0.3) is 22.4 Å². The van der Waals surface area contributed by atoms with E-state index in [0.717, 1.165) is 22.4 Å². The van der Waals surface area contributed by atoms with Crippen LogP contribution in [0.3, 0.4) is 0 Å². The highest BCUT2D eigenvalue weighted by atomic mass is 16.3. The molecule has 1 aliphatic carbocycles. The minimum absolute atomic E-state index is 0.0354. The maximum absolute atomic E-state index is 12.9. The summed E-state index contributed by atoms with van der Waals surface area (Å²) in [5.41, 5.74) is 3.40. The van der Waals surface area contributed by atoms with E-state index in [2.05, 4.69) is 10.2 Å². The number of benzene rings is 2. The minimum Gasteiger partial charge on any atom is -0.380 e. The topological polar surface area (TPSA) is 91.6 Å². The summed E-state index contributed by atoms with van der Waals surface area (Å²) in [6, 6.07) is 15.7. The van der Waals surface area contributed by atoms with Gasteiger partial charge in [-0.05, 0) is 36.1 Å². The molecule has 1 N–H and O–H groups in total. The quantitative estimate of drug-likeness (QED) is 0.682. The number of nitrogens with zero attached hydrogens (tertiary/aromatic N) is 5. The van der Waals surface area contributed by atoms with Gasteiger partial charge in [-0.1, -0.05) is 36.4 Å². The Kier molecular flexibility index (Phi) is 5.01. The smallest absolute Gasteiger partial charge is 0.254 e. The van der Waals surface area contributed by atoms with Gasteiger partial charge in [0.1, 0.15) is 11.3 Å². The second kappa shape index (κ2) is 7.87. The molecule has 3 aromatic rings. The number of rotatable bonds is 4. The minimum atomic E-state index is -1.14.